The highest BCUT2D eigenvalue weighted by molar-refractivity contribution is 5.54. The lowest BCUT2D eigenvalue weighted by atomic mass is 10.1. The summed E-state index contributed by atoms with van der Waals surface area (Å²) >= 11 is 0. The van der Waals surface area contributed by atoms with E-state index in [4.69, 9.17) is 5.73 Å². The molecule has 1 heterocycles. The van der Waals surface area contributed by atoms with Crippen LogP contribution in [0.15, 0.2) is 18.2 Å². The van der Waals surface area contributed by atoms with Crippen molar-refractivity contribution in [3.8, 4) is 0 Å². The fourth-order valence-electron chi connectivity index (χ4n) is 2.20. The molecule has 0 amide bonds. The zero-order chi connectivity index (χ0) is 10.8. The van der Waals surface area contributed by atoms with E-state index in [9.17, 15) is 4.39 Å². The number of hydrogen-bond donors (Lipinski definition) is 1. The second-order valence-electron chi connectivity index (χ2n) is 4.28. The van der Waals surface area contributed by atoms with Gasteiger partial charge in [-0.15, -0.1) is 0 Å². The molecule has 1 unspecified atom stereocenters. The lowest BCUT2D eigenvalue weighted by Crippen LogP contribution is -2.21. The van der Waals surface area contributed by atoms with Crippen LogP contribution in [0.25, 0.3) is 0 Å². The normalized spacial score (nSPS) is 21.0. The fourth-order valence-corrected chi connectivity index (χ4v) is 2.20. The third kappa shape index (κ3) is 1.97. The quantitative estimate of drug-likeness (QED) is 0.806. The van der Waals surface area contributed by atoms with Crippen molar-refractivity contribution in [1.82, 2.24) is 0 Å². The van der Waals surface area contributed by atoms with Gasteiger partial charge in [0.2, 0.25) is 0 Å². The predicted octanol–water partition coefficient (Wildman–Crippen LogP) is 2.13. The second kappa shape index (κ2) is 4.19. The first-order chi connectivity index (χ1) is 7.22. The van der Waals surface area contributed by atoms with E-state index in [0.717, 1.165) is 18.8 Å². The van der Waals surface area contributed by atoms with Gasteiger partial charge in [0, 0.05) is 30.9 Å². The molecule has 1 aromatic carbocycles. The second-order valence-corrected chi connectivity index (χ2v) is 4.28. The number of nitrogens with two attached hydrogens (primary N) is 1. The van der Waals surface area contributed by atoms with Crippen molar-refractivity contribution in [1.29, 1.82) is 0 Å². The molecule has 0 bridgehead atoms. The monoisotopic (exact) mass is 208 g/mol. The Hall–Kier alpha value is -1.09. The van der Waals surface area contributed by atoms with E-state index in [1.54, 1.807) is 6.07 Å². The molecule has 1 atom stereocenters. The molecule has 1 aliphatic rings. The zero-order valence-corrected chi connectivity index (χ0v) is 9.04. The van der Waals surface area contributed by atoms with Crippen molar-refractivity contribution in [3.63, 3.8) is 0 Å². The van der Waals surface area contributed by atoms with E-state index in [1.165, 1.54) is 12.5 Å². The average molecular weight is 208 g/mol. The molecule has 0 spiro atoms. The Morgan fingerprint density at radius 1 is 1.53 bits per heavy atom. The molecule has 1 aliphatic heterocycles. The van der Waals surface area contributed by atoms with Crippen LogP contribution in [0.5, 0.6) is 0 Å². The predicted molar refractivity (Wildman–Crippen MR) is 60.3 cm³/mol. The summed E-state index contributed by atoms with van der Waals surface area (Å²) in [6, 6.07) is 5.20. The summed E-state index contributed by atoms with van der Waals surface area (Å²) in [7, 11) is 0. The van der Waals surface area contributed by atoms with Crippen LogP contribution in [-0.4, -0.2) is 13.1 Å². The Morgan fingerprint density at radius 2 is 2.33 bits per heavy atom. The Balaban J connectivity index is 2.31. The van der Waals surface area contributed by atoms with Gasteiger partial charge in [0.15, 0.2) is 0 Å². The largest absolute Gasteiger partial charge is 0.371 e. The third-order valence-electron chi connectivity index (χ3n) is 3.06. The van der Waals surface area contributed by atoms with Crippen molar-refractivity contribution < 1.29 is 4.39 Å². The van der Waals surface area contributed by atoms with E-state index < -0.39 is 0 Å². The van der Waals surface area contributed by atoms with Crippen LogP contribution < -0.4 is 10.6 Å². The first-order valence-electron chi connectivity index (χ1n) is 5.44. The first-order valence-corrected chi connectivity index (χ1v) is 5.44. The first kappa shape index (κ1) is 10.4. The minimum atomic E-state index is -0.186. The third-order valence-corrected chi connectivity index (χ3v) is 3.06. The summed E-state index contributed by atoms with van der Waals surface area (Å²) in [6.45, 7) is 4.52. The molecule has 0 radical (unpaired) electrons. The SMILES string of the molecule is CC1CCN(c2cccc(F)c2CN)C1. The zero-order valence-electron chi connectivity index (χ0n) is 9.04. The maximum atomic E-state index is 13.5. The molecular formula is C12H17FN2. The molecule has 1 fully saturated rings. The molecule has 2 nitrogen and oxygen atoms in total. The van der Waals surface area contributed by atoms with Crippen LogP contribution >= 0.6 is 0 Å². The molecular weight excluding hydrogens is 191 g/mol. The number of benzene rings is 1. The summed E-state index contributed by atoms with van der Waals surface area (Å²) in [5.74, 6) is 0.508. The van der Waals surface area contributed by atoms with Crippen molar-refractivity contribution in [3.05, 3.63) is 29.6 Å². The molecule has 82 valence electrons. The number of anilines is 1. The standard InChI is InChI=1S/C12H17FN2/c1-9-5-6-15(8-9)12-4-2-3-11(13)10(12)7-14/h2-4,9H,5-8,14H2,1H3. The van der Waals surface area contributed by atoms with Gasteiger partial charge in [-0.25, -0.2) is 4.39 Å². The topological polar surface area (TPSA) is 29.3 Å². The summed E-state index contributed by atoms with van der Waals surface area (Å²) in [6.07, 6.45) is 1.18. The van der Waals surface area contributed by atoms with Gasteiger partial charge in [-0.1, -0.05) is 13.0 Å². The molecule has 2 rings (SSSR count). The van der Waals surface area contributed by atoms with Crippen molar-refractivity contribution in [2.75, 3.05) is 18.0 Å². The summed E-state index contributed by atoms with van der Waals surface area (Å²) in [4.78, 5) is 2.23. The molecule has 0 aliphatic carbocycles. The van der Waals surface area contributed by atoms with E-state index in [1.807, 2.05) is 6.07 Å². The number of hydrogen-bond acceptors (Lipinski definition) is 2. The van der Waals surface area contributed by atoms with Crippen LogP contribution in [0.2, 0.25) is 0 Å². The minimum absolute atomic E-state index is 0.186. The number of halogens is 1. The van der Waals surface area contributed by atoms with E-state index in [-0.39, 0.29) is 12.4 Å². The van der Waals surface area contributed by atoms with Gasteiger partial charge in [0.25, 0.3) is 0 Å². The van der Waals surface area contributed by atoms with Crippen LogP contribution in [0.3, 0.4) is 0 Å². The highest BCUT2D eigenvalue weighted by Crippen LogP contribution is 2.28. The average Bonchev–Trinajstić information content (AvgIpc) is 2.64. The van der Waals surface area contributed by atoms with Gasteiger partial charge in [-0.3, -0.25) is 0 Å². The Kier molecular flexibility index (Phi) is 2.91. The van der Waals surface area contributed by atoms with Gasteiger partial charge in [0.1, 0.15) is 5.82 Å². The van der Waals surface area contributed by atoms with E-state index in [0.29, 0.717) is 11.5 Å². The Bertz CT molecular complexity index is 351. The summed E-state index contributed by atoms with van der Waals surface area (Å²) in [5.41, 5.74) is 7.21. The Morgan fingerprint density at radius 3 is 2.93 bits per heavy atom. The fraction of sp³-hybridized carbons (Fsp3) is 0.500. The van der Waals surface area contributed by atoms with Gasteiger partial charge in [-0.05, 0) is 24.5 Å². The van der Waals surface area contributed by atoms with Crippen LogP contribution in [0.4, 0.5) is 10.1 Å². The number of rotatable bonds is 2. The van der Waals surface area contributed by atoms with Crippen molar-refractivity contribution >= 4 is 5.69 Å². The lowest BCUT2D eigenvalue weighted by Gasteiger charge is -2.21. The summed E-state index contributed by atoms with van der Waals surface area (Å²) in [5, 5.41) is 0. The number of nitrogens with zero attached hydrogens (tertiary/aromatic N) is 1. The smallest absolute Gasteiger partial charge is 0.129 e. The van der Waals surface area contributed by atoms with Gasteiger partial charge in [-0.2, -0.15) is 0 Å². The maximum absolute atomic E-state index is 13.5. The van der Waals surface area contributed by atoms with Gasteiger partial charge < -0.3 is 10.6 Å². The molecule has 3 heteroatoms. The van der Waals surface area contributed by atoms with Crippen molar-refractivity contribution in [2.24, 2.45) is 11.7 Å². The molecule has 1 aromatic rings. The highest BCUT2D eigenvalue weighted by Gasteiger charge is 2.21. The van der Waals surface area contributed by atoms with Crippen LogP contribution in [0, 0.1) is 11.7 Å². The molecule has 1 saturated heterocycles. The maximum Gasteiger partial charge on any atom is 0.129 e. The molecule has 0 saturated carbocycles. The van der Waals surface area contributed by atoms with E-state index in [2.05, 4.69) is 11.8 Å². The van der Waals surface area contributed by atoms with E-state index >= 15 is 0 Å². The molecule has 0 aromatic heterocycles. The molecule has 2 N–H and O–H groups in total. The highest BCUT2D eigenvalue weighted by atomic mass is 19.1. The van der Waals surface area contributed by atoms with Gasteiger partial charge >= 0.3 is 0 Å². The molecule has 15 heavy (non-hydrogen) atoms. The van der Waals surface area contributed by atoms with Crippen molar-refractivity contribution in [2.45, 2.75) is 19.9 Å². The summed E-state index contributed by atoms with van der Waals surface area (Å²) < 4.78 is 13.5. The lowest BCUT2D eigenvalue weighted by molar-refractivity contribution is 0.609. The Labute approximate surface area is 89.9 Å². The van der Waals surface area contributed by atoms with Gasteiger partial charge in [0.05, 0.1) is 0 Å². The van der Waals surface area contributed by atoms with Crippen LogP contribution in [-0.2, 0) is 6.54 Å². The van der Waals surface area contributed by atoms with Crippen LogP contribution in [0.1, 0.15) is 18.9 Å². The minimum Gasteiger partial charge on any atom is -0.371 e.